The summed E-state index contributed by atoms with van der Waals surface area (Å²) in [6.45, 7) is 0. The minimum atomic E-state index is -0.875. The number of rotatable bonds is 3. The minimum absolute atomic E-state index is 0.145. The fraction of sp³-hybridized carbons (Fsp3) is 0.125. The second-order valence-electron chi connectivity index (χ2n) is 7.39. The van der Waals surface area contributed by atoms with E-state index >= 15 is 0 Å². The predicted octanol–water partition coefficient (Wildman–Crippen LogP) is 3.20. The molecular weight excluding hydrogens is 469 g/mol. The summed E-state index contributed by atoms with van der Waals surface area (Å²) < 4.78 is 17.7. The zero-order chi connectivity index (χ0) is 23.4. The van der Waals surface area contributed by atoms with Crippen molar-refractivity contribution in [3.05, 3.63) is 83.4 Å². The molecule has 0 saturated heterocycles. The Balaban J connectivity index is 0.000000821. The Hall–Kier alpha value is -3.68. The number of carbonyl (C=O) groups is 2. The number of ketones is 1. The molecule has 1 aromatic heterocycles. The number of imidazole rings is 1. The Kier molecular flexibility index (Phi) is 6.72. The average Bonchev–Trinajstić information content (AvgIpc) is 3.17. The number of aromatic nitrogens is 2. The van der Waals surface area contributed by atoms with Gasteiger partial charge < -0.3 is 10.5 Å². The Morgan fingerprint density at radius 2 is 1.91 bits per heavy atom. The molecule has 0 aliphatic heterocycles. The van der Waals surface area contributed by atoms with Crippen molar-refractivity contribution in [1.82, 2.24) is 9.71 Å². The molecule has 9 heteroatoms. The quantitative estimate of drug-likeness (QED) is 0.260. The molecule has 0 radical (unpaired) electrons. The normalized spacial score (nSPS) is 12.7. The first kappa shape index (κ1) is 22.5. The third kappa shape index (κ3) is 4.74. The monoisotopic (exact) mass is 486 g/mol. The van der Waals surface area contributed by atoms with Gasteiger partial charge in [-0.15, -0.1) is 12.1 Å². The van der Waals surface area contributed by atoms with Gasteiger partial charge >= 0.3 is 22.8 Å². The topological polar surface area (TPSA) is 124 Å². The van der Waals surface area contributed by atoms with Crippen LogP contribution in [0.3, 0.4) is 0 Å². The van der Waals surface area contributed by atoms with E-state index < -0.39 is 14.7 Å². The molecule has 0 spiro atoms. The number of benzene rings is 3. The number of Topliss-reactive ketones (excluding diaryl/α,β-unsaturated/α-hetero) is 1. The molecule has 0 bridgehead atoms. The van der Waals surface area contributed by atoms with E-state index in [2.05, 4.69) is 16.4 Å². The molecule has 2 N–H and O–H groups in total. The number of amides is 1. The molecular formula is C24H18N3NiO5-2. The van der Waals surface area contributed by atoms with Crippen molar-refractivity contribution in [1.29, 1.82) is 0 Å². The van der Waals surface area contributed by atoms with Crippen LogP contribution in [0, 0.1) is 6.07 Å². The van der Waals surface area contributed by atoms with Crippen LogP contribution in [0.1, 0.15) is 39.1 Å². The van der Waals surface area contributed by atoms with E-state index in [4.69, 9.17) is 8.15 Å². The molecule has 0 unspecified atom stereocenters. The summed E-state index contributed by atoms with van der Waals surface area (Å²) in [7, 11) is 0. The zero-order valence-electron chi connectivity index (χ0n) is 17.2. The van der Waals surface area contributed by atoms with Crippen molar-refractivity contribution in [2.24, 2.45) is 0 Å². The van der Waals surface area contributed by atoms with Gasteiger partial charge in [-0.3, -0.25) is 14.6 Å². The SMILES string of the molecule is O=C(Nc1ccc(-c2nc3cc[c-]cc3n2O)cc1)c1ccc2c(c1)CCCC2=O.[O]=[Ni][O-]. The molecule has 1 amide bonds. The fourth-order valence-electron chi connectivity index (χ4n) is 3.83. The molecule has 0 atom stereocenters. The molecule has 3 aromatic carbocycles. The summed E-state index contributed by atoms with van der Waals surface area (Å²) in [5, 5.41) is 13.2. The maximum absolute atomic E-state index is 12.7. The van der Waals surface area contributed by atoms with Gasteiger partial charge in [0, 0.05) is 28.8 Å². The van der Waals surface area contributed by atoms with Crippen molar-refractivity contribution < 1.29 is 37.6 Å². The molecule has 1 heterocycles. The van der Waals surface area contributed by atoms with Gasteiger partial charge in [0.25, 0.3) is 5.91 Å². The summed E-state index contributed by atoms with van der Waals surface area (Å²) in [6.07, 6.45) is 2.22. The van der Waals surface area contributed by atoms with E-state index in [9.17, 15) is 14.8 Å². The van der Waals surface area contributed by atoms with Crippen LogP contribution in [0.5, 0.6) is 0 Å². The van der Waals surface area contributed by atoms with Gasteiger partial charge in [-0.2, -0.15) is 12.1 Å². The van der Waals surface area contributed by atoms with E-state index in [1.807, 2.05) is 0 Å². The van der Waals surface area contributed by atoms with Crippen LogP contribution in [0.4, 0.5) is 5.69 Å². The van der Waals surface area contributed by atoms with Gasteiger partial charge in [-0.25, -0.2) is 4.73 Å². The van der Waals surface area contributed by atoms with E-state index in [1.54, 1.807) is 60.7 Å². The third-order valence-electron chi connectivity index (χ3n) is 5.39. The number of nitrogens with one attached hydrogen (secondary N) is 1. The molecule has 171 valence electrons. The van der Waals surface area contributed by atoms with Crippen molar-refractivity contribution in [3.63, 3.8) is 0 Å². The first-order chi connectivity index (χ1) is 16.0. The van der Waals surface area contributed by atoms with Crippen LogP contribution in [0.25, 0.3) is 22.4 Å². The maximum atomic E-state index is 12.7. The number of fused-ring (bicyclic) bond motifs is 2. The third-order valence-corrected chi connectivity index (χ3v) is 5.39. The van der Waals surface area contributed by atoms with Crippen LogP contribution < -0.4 is 9.57 Å². The summed E-state index contributed by atoms with van der Waals surface area (Å²) in [5.74, 6) is 0.335. The average molecular weight is 487 g/mol. The summed E-state index contributed by atoms with van der Waals surface area (Å²) in [5.41, 5.74) is 4.80. The van der Waals surface area contributed by atoms with Gasteiger partial charge in [0.05, 0.1) is 0 Å². The number of nitrogens with zero attached hydrogens (tertiary/aromatic N) is 2. The van der Waals surface area contributed by atoms with Crippen LogP contribution in [-0.4, -0.2) is 26.6 Å². The predicted molar refractivity (Wildman–Crippen MR) is 114 cm³/mol. The molecule has 1 aliphatic carbocycles. The van der Waals surface area contributed by atoms with Gasteiger partial charge in [-0.05, 0) is 65.8 Å². The molecule has 0 fully saturated rings. The molecule has 8 nitrogen and oxygen atoms in total. The summed E-state index contributed by atoms with van der Waals surface area (Å²) >= 11 is -0.875. The van der Waals surface area contributed by atoms with E-state index in [-0.39, 0.29) is 11.7 Å². The van der Waals surface area contributed by atoms with E-state index in [0.29, 0.717) is 34.5 Å². The number of carbonyl (C=O) groups excluding carboxylic acids is 2. The van der Waals surface area contributed by atoms with Crippen molar-refractivity contribution in [2.45, 2.75) is 19.3 Å². The molecule has 5 rings (SSSR count). The fourth-order valence-corrected chi connectivity index (χ4v) is 3.83. The number of hydrogen-bond acceptors (Lipinski definition) is 6. The second kappa shape index (κ2) is 9.85. The second-order valence-corrected chi connectivity index (χ2v) is 7.56. The van der Waals surface area contributed by atoms with Crippen molar-refractivity contribution in [3.8, 4) is 11.4 Å². The molecule has 0 saturated carbocycles. The summed E-state index contributed by atoms with van der Waals surface area (Å²) in [4.78, 5) is 29.1. The zero-order valence-corrected chi connectivity index (χ0v) is 18.2. The van der Waals surface area contributed by atoms with Crippen LogP contribution in [0.15, 0.2) is 60.7 Å². The van der Waals surface area contributed by atoms with E-state index in [0.717, 1.165) is 34.3 Å². The van der Waals surface area contributed by atoms with Crippen molar-refractivity contribution in [2.75, 3.05) is 5.32 Å². The summed E-state index contributed by atoms with van der Waals surface area (Å²) in [6, 6.07) is 20.5. The standard InChI is InChI=1S/C24H18N3O3.Ni.2O/c28-22-7-3-4-16-14-17(10-13-19(16)22)24(29)25-18-11-8-15(9-12-18)23-26-20-5-1-2-6-21(20)27(23)30;;;/h1,5-6,8-14,30H,3-4,7H2,(H,25,29);;;/q-1;;;-1. The van der Waals surface area contributed by atoms with Crippen LogP contribution >= 0.6 is 0 Å². The Morgan fingerprint density at radius 3 is 2.64 bits per heavy atom. The molecule has 4 aromatic rings. The van der Waals surface area contributed by atoms with Gasteiger partial charge in [-0.1, -0.05) is 6.07 Å². The number of aryl methyl sites for hydroxylation is 1. The van der Waals surface area contributed by atoms with Gasteiger partial charge in [0.15, 0.2) is 11.6 Å². The Labute approximate surface area is 195 Å². The van der Waals surface area contributed by atoms with Crippen molar-refractivity contribution >= 4 is 28.4 Å². The van der Waals surface area contributed by atoms with Gasteiger partial charge in [0.1, 0.15) is 0 Å². The number of anilines is 1. The van der Waals surface area contributed by atoms with E-state index in [1.165, 1.54) is 0 Å². The Morgan fingerprint density at radius 1 is 1.15 bits per heavy atom. The molecule has 1 aliphatic rings. The van der Waals surface area contributed by atoms with Gasteiger partial charge in [0.2, 0.25) is 0 Å². The Bertz CT molecular complexity index is 1350. The number of hydrogen-bond donors (Lipinski definition) is 2. The van der Waals surface area contributed by atoms with Crippen LogP contribution in [0.2, 0.25) is 0 Å². The first-order valence-corrected chi connectivity index (χ1v) is 10.8. The molecule has 33 heavy (non-hydrogen) atoms. The van der Waals surface area contributed by atoms with Crippen LogP contribution in [-0.2, 0) is 25.0 Å². The first-order valence-electron chi connectivity index (χ1n) is 10.0.